The molecular weight excluding hydrogens is 347 g/mol. The average Bonchev–Trinajstić information content (AvgIpc) is 2.86. The zero-order valence-electron chi connectivity index (χ0n) is 16.0. The number of aliphatic hydroxyl groups is 2. The van der Waals surface area contributed by atoms with Gasteiger partial charge in [-0.05, 0) is 67.6 Å². The monoisotopic (exact) mass is 374 g/mol. The van der Waals surface area contributed by atoms with Crippen LogP contribution in [-0.4, -0.2) is 34.1 Å². The molecule has 2 N–H and O–H groups in total. The first kappa shape index (κ1) is 18.6. The molecule has 0 aliphatic heterocycles. The van der Waals surface area contributed by atoms with Crippen LogP contribution < -0.4 is 0 Å². The molecule has 4 aliphatic rings. The van der Waals surface area contributed by atoms with E-state index in [-0.39, 0.29) is 29.8 Å². The third-order valence-electron chi connectivity index (χ3n) is 8.13. The summed E-state index contributed by atoms with van der Waals surface area (Å²) in [6.45, 7) is 5.70. The van der Waals surface area contributed by atoms with Gasteiger partial charge in [-0.3, -0.25) is 9.59 Å². The minimum atomic E-state index is -1.87. The van der Waals surface area contributed by atoms with E-state index in [1.807, 2.05) is 13.8 Å². The fourth-order valence-corrected chi connectivity index (χ4v) is 6.97. The van der Waals surface area contributed by atoms with Gasteiger partial charge in [-0.1, -0.05) is 25.5 Å². The number of rotatable bonds is 1. The van der Waals surface area contributed by atoms with E-state index in [1.54, 1.807) is 13.0 Å². The Morgan fingerprint density at radius 2 is 2.04 bits per heavy atom. The van der Waals surface area contributed by atoms with E-state index in [0.29, 0.717) is 31.1 Å². The summed E-state index contributed by atoms with van der Waals surface area (Å²) in [5, 5.41) is 21.3. The highest BCUT2D eigenvalue weighted by molar-refractivity contribution is 6.01. The summed E-state index contributed by atoms with van der Waals surface area (Å²) >= 11 is 0. The average molecular weight is 374 g/mol. The van der Waals surface area contributed by atoms with Crippen molar-refractivity contribution in [3.8, 4) is 0 Å². The topological polar surface area (TPSA) is 74.6 Å². The Kier molecular flexibility index (Phi) is 3.88. The summed E-state index contributed by atoms with van der Waals surface area (Å²) in [5.74, 6) is -0.895. The lowest BCUT2D eigenvalue weighted by atomic mass is 9.45. The van der Waals surface area contributed by atoms with Crippen LogP contribution in [0.15, 0.2) is 35.1 Å². The molecule has 0 unspecified atom stereocenters. The SMILES string of the molecule is C[C@H]1C[C@H]2[C@@H]3CCC4=CC(=O)C=C[C@]4(C)[C@@]3(F)[C@@H](O)C[C@]2(C)/C1=C(\O)C=O. The van der Waals surface area contributed by atoms with Crippen molar-refractivity contribution in [1.82, 2.24) is 0 Å². The number of allylic oxidation sites excluding steroid dienone is 6. The summed E-state index contributed by atoms with van der Waals surface area (Å²) in [6.07, 6.45) is 5.82. The number of hydrogen-bond acceptors (Lipinski definition) is 4. The second-order valence-corrected chi connectivity index (χ2v) is 9.32. The molecule has 0 amide bonds. The predicted molar refractivity (Wildman–Crippen MR) is 98.6 cm³/mol. The Balaban J connectivity index is 1.85. The maximum atomic E-state index is 16.8. The molecule has 3 fully saturated rings. The van der Waals surface area contributed by atoms with E-state index < -0.39 is 28.5 Å². The van der Waals surface area contributed by atoms with E-state index in [9.17, 15) is 19.8 Å². The highest BCUT2D eigenvalue weighted by Crippen LogP contribution is 2.69. The summed E-state index contributed by atoms with van der Waals surface area (Å²) in [7, 11) is 0. The normalized spacial score (nSPS) is 50.4. The van der Waals surface area contributed by atoms with E-state index in [2.05, 4.69) is 0 Å². The number of aliphatic hydroxyl groups excluding tert-OH is 2. The van der Waals surface area contributed by atoms with Gasteiger partial charge in [-0.15, -0.1) is 0 Å². The van der Waals surface area contributed by atoms with Gasteiger partial charge in [0, 0.05) is 11.3 Å². The number of carbonyl (C=O) groups is 2. The van der Waals surface area contributed by atoms with Crippen molar-refractivity contribution in [2.75, 3.05) is 0 Å². The number of hydrogen-bond donors (Lipinski definition) is 2. The van der Waals surface area contributed by atoms with Gasteiger partial charge < -0.3 is 10.2 Å². The van der Waals surface area contributed by atoms with Gasteiger partial charge in [0.05, 0.1) is 6.10 Å². The van der Waals surface area contributed by atoms with E-state index in [4.69, 9.17) is 0 Å². The largest absolute Gasteiger partial charge is 0.505 e. The first-order valence-electron chi connectivity index (χ1n) is 9.79. The molecule has 0 heterocycles. The van der Waals surface area contributed by atoms with E-state index >= 15 is 4.39 Å². The molecule has 0 aromatic carbocycles. The highest BCUT2D eigenvalue weighted by Gasteiger charge is 2.70. The lowest BCUT2D eigenvalue weighted by molar-refractivity contribution is -0.184. The number of fused-ring (bicyclic) bond motifs is 5. The van der Waals surface area contributed by atoms with Crippen molar-refractivity contribution in [1.29, 1.82) is 0 Å². The van der Waals surface area contributed by atoms with Crippen molar-refractivity contribution < 1.29 is 24.2 Å². The highest BCUT2D eigenvalue weighted by atomic mass is 19.1. The summed E-state index contributed by atoms with van der Waals surface area (Å²) in [6, 6.07) is 0. The van der Waals surface area contributed by atoms with Gasteiger partial charge in [0.25, 0.3) is 0 Å². The first-order valence-corrected chi connectivity index (χ1v) is 9.79. The van der Waals surface area contributed by atoms with Crippen LogP contribution in [0.5, 0.6) is 0 Å². The molecule has 0 saturated heterocycles. The molecule has 4 rings (SSSR count). The van der Waals surface area contributed by atoms with Crippen LogP contribution >= 0.6 is 0 Å². The zero-order valence-corrected chi connectivity index (χ0v) is 16.0. The summed E-state index contributed by atoms with van der Waals surface area (Å²) in [5.41, 5.74) is -2.06. The maximum Gasteiger partial charge on any atom is 0.184 e. The van der Waals surface area contributed by atoms with Crippen molar-refractivity contribution in [2.45, 2.75) is 58.2 Å². The van der Waals surface area contributed by atoms with Gasteiger partial charge >= 0.3 is 0 Å². The summed E-state index contributed by atoms with van der Waals surface area (Å²) < 4.78 is 16.8. The second kappa shape index (κ2) is 5.63. The molecule has 0 radical (unpaired) electrons. The van der Waals surface area contributed by atoms with Crippen molar-refractivity contribution in [2.24, 2.45) is 28.6 Å². The van der Waals surface area contributed by atoms with Crippen molar-refractivity contribution in [3.63, 3.8) is 0 Å². The van der Waals surface area contributed by atoms with Crippen LogP contribution in [0, 0.1) is 28.6 Å². The number of halogens is 1. The first-order chi connectivity index (χ1) is 12.6. The molecule has 27 heavy (non-hydrogen) atoms. The third kappa shape index (κ3) is 2.12. The van der Waals surface area contributed by atoms with Gasteiger partial charge in [0.15, 0.2) is 23.5 Å². The minimum Gasteiger partial charge on any atom is -0.505 e. The molecule has 0 spiro atoms. The Hall–Kier alpha value is -1.75. The van der Waals surface area contributed by atoms with E-state index in [1.165, 1.54) is 12.2 Å². The zero-order chi connectivity index (χ0) is 19.8. The standard InChI is InChI=1S/C22H27FO4/c1-12-8-16-15-5-4-13-9-14(25)6-7-21(13,3)22(15,23)18(27)10-20(16,2)19(12)17(26)11-24/h6-7,9,11-12,15-16,18,26-27H,4-5,8,10H2,1-3H3/b19-17-/t12-,15-,16-,18-,20-,21-,22-/m0/s1. The van der Waals surface area contributed by atoms with Crippen molar-refractivity contribution >= 4 is 12.1 Å². The molecule has 4 nitrogen and oxygen atoms in total. The smallest absolute Gasteiger partial charge is 0.184 e. The molecule has 0 aromatic heterocycles. The second-order valence-electron chi connectivity index (χ2n) is 9.32. The van der Waals surface area contributed by atoms with Crippen LogP contribution in [0.3, 0.4) is 0 Å². The Morgan fingerprint density at radius 3 is 2.70 bits per heavy atom. The van der Waals surface area contributed by atoms with Crippen LogP contribution in [0.4, 0.5) is 4.39 Å². The Morgan fingerprint density at radius 1 is 1.33 bits per heavy atom. The van der Waals surface area contributed by atoms with Crippen LogP contribution in [-0.2, 0) is 9.59 Å². The quantitative estimate of drug-likeness (QED) is 0.418. The third-order valence-corrected chi connectivity index (χ3v) is 8.13. The molecular formula is C22H27FO4. The van der Waals surface area contributed by atoms with Gasteiger partial charge in [-0.25, -0.2) is 4.39 Å². The maximum absolute atomic E-state index is 16.8. The Bertz CT molecular complexity index is 811. The van der Waals surface area contributed by atoms with E-state index in [0.717, 1.165) is 5.57 Å². The lowest BCUT2D eigenvalue weighted by Gasteiger charge is -2.61. The number of aldehydes is 1. The van der Waals surface area contributed by atoms with Gasteiger partial charge in [0.1, 0.15) is 0 Å². The Labute approximate surface area is 158 Å². The molecule has 7 atom stereocenters. The van der Waals surface area contributed by atoms with Crippen LogP contribution in [0.2, 0.25) is 0 Å². The number of carbonyl (C=O) groups excluding carboxylic acids is 2. The molecule has 146 valence electrons. The molecule has 0 bridgehead atoms. The number of ketones is 1. The molecule has 4 aliphatic carbocycles. The van der Waals surface area contributed by atoms with Crippen LogP contribution in [0.1, 0.15) is 46.5 Å². The van der Waals surface area contributed by atoms with Gasteiger partial charge in [-0.2, -0.15) is 0 Å². The summed E-state index contributed by atoms with van der Waals surface area (Å²) in [4.78, 5) is 23.1. The molecule has 0 aromatic rings. The molecule has 3 saturated carbocycles. The fraction of sp³-hybridized carbons (Fsp3) is 0.636. The van der Waals surface area contributed by atoms with Crippen LogP contribution in [0.25, 0.3) is 0 Å². The minimum absolute atomic E-state index is 0.0343. The van der Waals surface area contributed by atoms with Gasteiger partial charge in [0.2, 0.25) is 0 Å². The lowest BCUT2D eigenvalue weighted by Crippen LogP contribution is -2.66. The predicted octanol–water partition coefficient (Wildman–Crippen LogP) is 3.61. The van der Waals surface area contributed by atoms with Crippen molar-refractivity contribution in [3.05, 3.63) is 35.1 Å². The molecule has 5 heteroatoms. The number of alkyl halides is 1. The fourth-order valence-electron chi connectivity index (χ4n) is 6.97.